The molecule has 0 aromatic heterocycles. The fraction of sp³-hybridized carbons (Fsp3) is 0.467. The van der Waals surface area contributed by atoms with Gasteiger partial charge in [-0.15, -0.1) is 0 Å². The molecule has 2 N–H and O–H groups in total. The summed E-state index contributed by atoms with van der Waals surface area (Å²) in [6.45, 7) is 5.23. The van der Waals surface area contributed by atoms with Crippen LogP contribution in [0.15, 0.2) is 30.3 Å². The molecule has 0 saturated heterocycles. The highest BCUT2D eigenvalue weighted by Gasteiger charge is 2.37. The maximum absolute atomic E-state index is 12.0. The van der Waals surface area contributed by atoms with E-state index >= 15 is 0 Å². The van der Waals surface area contributed by atoms with Crippen LogP contribution in [0, 0.1) is 0 Å². The molecule has 4 nitrogen and oxygen atoms in total. The van der Waals surface area contributed by atoms with Crippen LogP contribution in [0.2, 0.25) is 0 Å². The van der Waals surface area contributed by atoms with Gasteiger partial charge in [0.05, 0.1) is 0 Å². The van der Waals surface area contributed by atoms with E-state index in [-0.39, 0.29) is 6.42 Å². The molecule has 0 aliphatic rings. The first-order valence-corrected chi connectivity index (χ1v) is 6.29. The maximum atomic E-state index is 12.0. The molecule has 0 radical (unpaired) electrons. The summed E-state index contributed by atoms with van der Waals surface area (Å²) < 4.78 is 5.19. The molecule has 19 heavy (non-hydrogen) atoms. The molecule has 0 heterocycles. The molecule has 1 aromatic rings. The lowest BCUT2D eigenvalue weighted by atomic mass is 9.93. The van der Waals surface area contributed by atoms with Crippen molar-refractivity contribution in [2.24, 2.45) is 5.73 Å². The van der Waals surface area contributed by atoms with E-state index in [1.807, 2.05) is 30.3 Å². The van der Waals surface area contributed by atoms with Crippen molar-refractivity contribution in [1.29, 1.82) is 0 Å². The summed E-state index contributed by atoms with van der Waals surface area (Å²) in [5.74, 6) is -0.675. The Bertz CT molecular complexity index is 436. The van der Waals surface area contributed by atoms with E-state index in [2.05, 4.69) is 0 Å². The number of rotatable bonds is 5. The minimum atomic E-state index is -1.58. The van der Waals surface area contributed by atoms with Gasteiger partial charge >= 0.3 is 5.97 Å². The van der Waals surface area contributed by atoms with Crippen LogP contribution in [-0.4, -0.2) is 23.4 Å². The highest BCUT2D eigenvalue weighted by molar-refractivity contribution is 5.98. The van der Waals surface area contributed by atoms with Crippen molar-refractivity contribution in [1.82, 2.24) is 0 Å². The zero-order valence-corrected chi connectivity index (χ0v) is 11.7. The Morgan fingerprint density at radius 1 is 1.26 bits per heavy atom. The third-order valence-electron chi connectivity index (χ3n) is 2.66. The smallest absolute Gasteiger partial charge is 0.334 e. The average molecular weight is 263 g/mol. The van der Waals surface area contributed by atoms with E-state index in [0.717, 1.165) is 5.56 Å². The topological polar surface area (TPSA) is 69.4 Å². The number of esters is 1. The SMILES string of the molecule is CC(C)(C)OC(=O)C(N)(C=O)CCc1ccccc1. The number of ether oxygens (including phenoxy) is 1. The van der Waals surface area contributed by atoms with E-state index < -0.39 is 17.1 Å². The predicted octanol–water partition coefficient (Wildman–Crippen LogP) is 1.86. The van der Waals surface area contributed by atoms with E-state index in [9.17, 15) is 9.59 Å². The van der Waals surface area contributed by atoms with E-state index in [4.69, 9.17) is 10.5 Å². The number of aryl methyl sites for hydroxylation is 1. The zero-order chi connectivity index (χ0) is 14.5. The Morgan fingerprint density at radius 3 is 2.32 bits per heavy atom. The number of carbonyl (C=O) groups is 2. The fourth-order valence-corrected chi connectivity index (χ4v) is 1.58. The second-order valence-corrected chi connectivity index (χ2v) is 5.65. The van der Waals surface area contributed by atoms with E-state index in [0.29, 0.717) is 12.7 Å². The molecule has 104 valence electrons. The van der Waals surface area contributed by atoms with Crippen molar-refractivity contribution >= 4 is 12.3 Å². The van der Waals surface area contributed by atoms with Crippen molar-refractivity contribution in [3.05, 3.63) is 35.9 Å². The van der Waals surface area contributed by atoms with Crippen molar-refractivity contribution in [3.63, 3.8) is 0 Å². The second-order valence-electron chi connectivity index (χ2n) is 5.65. The molecule has 0 spiro atoms. The van der Waals surface area contributed by atoms with Gasteiger partial charge in [0, 0.05) is 0 Å². The first-order valence-electron chi connectivity index (χ1n) is 6.29. The van der Waals surface area contributed by atoms with Crippen molar-refractivity contribution < 1.29 is 14.3 Å². The minimum Gasteiger partial charge on any atom is -0.458 e. The molecule has 1 atom stereocenters. The monoisotopic (exact) mass is 263 g/mol. The molecule has 0 saturated carbocycles. The van der Waals surface area contributed by atoms with E-state index in [1.165, 1.54) is 0 Å². The third kappa shape index (κ3) is 4.83. The van der Waals surface area contributed by atoms with Gasteiger partial charge in [-0.05, 0) is 39.2 Å². The molecule has 0 aliphatic heterocycles. The Morgan fingerprint density at radius 2 is 1.84 bits per heavy atom. The summed E-state index contributed by atoms with van der Waals surface area (Å²) in [6.07, 6.45) is 1.26. The number of hydrogen-bond donors (Lipinski definition) is 1. The number of carbonyl (C=O) groups excluding carboxylic acids is 2. The van der Waals surface area contributed by atoms with Crippen molar-refractivity contribution in [3.8, 4) is 0 Å². The summed E-state index contributed by atoms with van der Waals surface area (Å²) in [6, 6.07) is 9.58. The molecule has 0 fully saturated rings. The molecular weight excluding hydrogens is 242 g/mol. The normalized spacial score (nSPS) is 14.5. The van der Waals surface area contributed by atoms with Crippen LogP contribution in [0.5, 0.6) is 0 Å². The van der Waals surface area contributed by atoms with Crippen LogP contribution in [0.25, 0.3) is 0 Å². The molecule has 1 unspecified atom stereocenters. The van der Waals surface area contributed by atoms with Crippen LogP contribution in [0.3, 0.4) is 0 Å². The standard InChI is InChI=1S/C15H21NO3/c1-14(2,3)19-13(18)15(16,11-17)10-9-12-7-5-4-6-8-12/h4-8,11H,9-10,16H2,1-3H3. The lowest BCUT2D eigenvalue weighted by molar-refractivity contribution is -0.162. The third-order valence-corrected chi connectivity index (χ3v) is 2.66. The van der Waals surface area contributed by atoms with Gasteiger partial charge < -0.3 is 15.3 Å². The predicted molar refractivity (Wildman–Crippen MR) is 73.6 cm³/mol. The Hall–Kier alpha value is -1.68. The van der Waals surface area contributed by atoms with Crippen molar-refractivity contribution in [2.45, 2.75) is 44.8 Å². The number of aldehydes is 1. The van der Waals surface area contributed by atoms with Gasteiger partial charge in [-0.1, -0.05) is 30.3 Å². The van der Waals surface area contributed by atoms with Gasteiger partial charge in [0.2, 0.25) is 0 Å². The Kier molecular flexibility index (Phi) is 4.84. The minimum absolute atomic E-state index is 0.232. The summed E-state index contributed by atoms with van der Waals surface area (Å²) in [5.41, 5.74) is 4.65. The van der Waals surface area contributed by atoms with Gasteiger partial charge in [0.15, 0.2) is 11.8 Å². The highest BCUT2D eigenvalue weighted by Crippen LogP contribution is 2.16. The van der Waals surface area contributed by atoms with Crippen LogP contribution in [0.1, 0.15) is 32.8 Å². The van der Waals surface area contributed by atoms with Crippen molar-refractivity contribution in [2.75, 3.05) is 0 Å². The van der Waals surface area contributed by atoms with Gasteiger partial charge in [0.1, 0.15) is 5.60 Å². The van der Waals surface area contributed by atoms with Gasteiger partial charge in [0.25, 0.3) is 0 Å². The average Bonchev–Trinajstić information content (AvgIpc) is 2.35. The quantitative estimate of drug-likeness (QED) is 0.500. The Labute approximate surface area is 113 Å². The summed E-state index contributed by atoms with van der Waals surface area (Å²) in [5, 5.41) is 0. The van der Waals surface area contributed by atoms with Gasteiger partial charge in [-0.25, -0.2) is 4.79 Å². The zero-order valence-electron chi connectivity index (χ0n) is 11.7. The highest BCUT2D eigenvalue weighted by atomic mass is 16.6. The largest absolute Gasteiger partial charge is 0.458 e. The second kappa shape index (κ2) is 5.97. The molecule has 4 heteroatoms. The lowest BCUT2D eigenvalue weighted by Crippen LogP contribution is -2.52. The summed E-state index contributed by atoms with van der Waals surface area (Å²) >= 11 is 0. The van der Waals surface area contributed by atoms with Crippen LogP contribution >= 0.6 is 0 Å². The molecule has 0 bridgehead atoms. The maximum Gasteiger partial charge on any atom is 0.334 e. The first-order chi connectivity index (χ1) is 8.77. The summed E-state index contributed by atoms with van der Waals surface area (Å²) in [7, 11) is 0. The van der Waals surface area contributed by atoms with Gasteiger partial charge in [-0.3, -0.25) is 0 Å². The molecule has 0 amide bonds. The number of benzene rings is 1. The van der Waals surface area contributed by atoms with Crippen LogP contribution in [0.4, 0.5) is 0 Å². The molecule has 1 rings (SSSR count). The van der Waals surface area contributed by atoms with Crippen LogP contribution < -0.4 is 5.73 Å². The molecule has 1 aromatic carbocycles. The fourth-order valence-electron chi connectivity index (χ4n) is 1.58. The summed E-state index contributed by atoms with van der Waals surface area (Å²) in [4.78, 5) is 23.1. The van der Waals surface area contributed by atoms with Gasteiger partial charge in [-0.2, -0.15) is 0 Å². The molecular formula is C15H21NO3. The lowest BCUT2D eigenvalue weighted by Gasteiger charge is -2.27. The van der Waals surface area contributed by atoms with Crippen LogP contribution in [-0.2, 0) is 20.7 Å². The number of hydrogen-bond acceptors (Lipinski definition) is 4. The molecule has 0 aliphatic carbocycles. The number of nitrogens with two attached hydrogens (primary N) is 1. The Balaban J connectivity index is 2.70. The first kappa shape index (κ1) is 15.4. The van der Waals surface area contributed by atoms with E-state index in [1.54, 1.807) is 20.8 Å².